The van der Waals surface area contributed by atoms with Crippen LogP contribution in [0.2, 0.25) is 0 Å². The molecular weight excluding hydrogens is 214 g/mol. The van der Waals surface area contributed by atoms with Crippen LogP contribution in [0.4, 0.5) is 0 Å². The molecule has 2 aliphatic heterocycles. The van der Waals surface area contributed by atoms with Gasteiger partial charge < -0.3 is 10.2 Å². The third-order valence-electron chi connectivity index (χ3n) is 3.86. The van der Waals surface area contributed by atoms with E-state index in [1.165, 1.54) is 0 Å². The highest BCUT2D eigenvalue weighted by Crippen LogP contribution is 2.28. The summed E-state index contributed by atoms with van der Waals surface area (Å²) < 4.78 is 0. The standard InChI is InChI=1S/C13H17N3O/c1-9-2-3-11(7-15-9)13(17)16-5-4-10-6-14-8-12(10)16/h2-3,7,10,12,14H,4-6,8H2,1H3/t10-,12+/m0/s1. The second-order valence-corrected chi connectivity index (χ2v) is 4.96. The van der Waals surface area contributed by atoms with E-state index in [0.29, 0.717) is 17.5 Å². The van der Waals surface area contributed by atoms with Crippen molar-refractivity contribution in [2.75, 3.05) is 19.6 Å². The van der Waals surface area contributed by atoms with E-state index in [9.17, 15) is 4.79 Å². The molecule has 1 amide bonds. The molecule has 0 aromatic carbocycles. The van der Waals surface area contributed by atoms with E-state index < -0.39 is 0 Å². The number of aromatic nitrogens is 1. The van der Waals surface area contributed by atoms with Gasteiger partial charge >= 0.3 is 0 Å². The zero-order chi connectivity index (χ0) is 11.8. The molecule has 90 valence electrons. The van der Waals surface area contributed by atoms with Gasteiger partial charge in [0.05, 0.1) is 5.56 Å². The van der Waals surface area contributed by atoms with E-state index in [-0.39, 0.29) is 5.91 Å². The van der Waals surface area contributed by atoms with Gasteiger partial charge in [-0.15, -0.1) is 0 Å². The number of hydrogen-bond acceptors (Lipinski definition) is 3. The Morgan fingerprint density at radius 2 is 2.35 bits per heavy atom. The van der Waals surface area contributed by atoms with Crippen LogP contribution in [0.1, 0.15) is 22.5 Å². The maximum absolute atomic E-state index is 12.4. The van der Waals surface area contributed by atoms with Gasteiger partial charge in [0.1, 0.15) is 0 Å². The van der Waals surface area contributed by atoms with Crippen LogP contribution in [0.3, 0.4) is 0 Å². The Hall–Kier alpha value is -1.42. The maximum atomic E-state index is 12.4. The Morgan fingerprint density at radius 1 is 1.47 bits per heavy atom. The summed E-state index contributed by atoms with van der Waals surface area (Å²) in [6.45, 7) is 4.82. The molecule has 2 saturated heterocycles. The molecular formula is C13H17N3O. The molecule has 1 N–H and O–H groups in total. The molecule has 17 heavy (non-hydrogen) atoms. The first-order valence-corrected chi connectivity index (χ1v) is 6.20. The fraction of sp³-hybridized carbons (Fsp3) is 0.538. The predicted octanol–water partition coefficient (Wildman–Crippen LogP) is 0.824. The normalized spacial score (nSPS) is 27.2. The average Bonchev–Trinajstić information content (AvgIpc) is 2.90. The smallest absolute Gasteiger partial charge is 0.255 e. The van der Waals surface area contributed by atoms with Crippen LogP contribution in [0.15, 0.2) is 18.3 Å². The second kappa shape index (κ2) is 4.11. The summed E-state index contributed by atoms with van der Waals surface area (Å²) in [5.74, 6) is 0.783. The largest absolute Gasteiger partial charge is 0.334 e. The molecule has 0 saturated carbocycles. The topological polar surface area (TPSA) is 45.2 Å². The van der Waals surface area contributed by atoms with Crippen molar-refractivity contribution >= 4 is 5.91 Å². The number of likely N-dealkylation sites (tertiary alicyclic amines) is 1. The van der Waals surface area contributed by atoms with E-state index in [4.69, 9.17) is 0 Å². The first kappa shape index (κ1) is 10.7. The number of carbonyl (C=O) groups excluding carboxylic acids is 1. The fourth-order valence-corrected chi connectivity index (χ4v) is 2.86. The molecule has 0 aliphatic carbocycles. The number of fused-ring (bicyclic) bond motifs is 1. The lowest BCUT2D eigenvalue weighted by Gasteiger charge is -2.23. The first-order valence-electron chi connectivity index (χ1n) is 6.20. The van der Waals surface area contributed by atoms with Crippen LogP contribution in [0.5, 0.6) is 0 Å². The van der Waals surface area contributed by atoms with Gasteiger partial charge in [0, 0.05) is 37.6 Å². The third-order valence-corrected chi connectivity index (χ3v) is 3.86. The number of nitrogens with zero attached hydrogens (tertiary/aromatic N) is 2. The van der Waals surface area contributed by atoms with Gasteiger partial charge in [0.15, 0.2) is 0 Å². The first-order chi connectivity index (χ1) is 8.25. The number of rotatable bonds is 1. The van der Waals surface area contributed by atoms with Gasteiger partial charge in [-0.2, -0.15) is 0 Å². The van der Waals surface area contributed by atoms with Crippen LogP contribution in [0.25, 0.3) is 0 Å². The van der Waals surface area contributed by atoms with Gasteiger partial charge in [-0.3, -0.25) is 9.78 Å². The van der Waals surface area contributed by atoms with Gasteiger partial charge in [-0.05, 0) is 31.4 Å². The van der Waals surface area contributed by atoms with E-state index in [1.54, 1.807) is 6.20 Å². The summed E-state index contributed by atoms with van der Waals surface area (Å²) in [5.41, 5.74) is 1.66. The lowest BCUT2D eigenvalue weighted by atomic mass is 10.0. The number of carbonyl (C=O) groups is 1. The zero-order valence-corrected chi connectivity index (χ0v) is 10.0. The molecule has 0 spiro atoms. The molecule has 4 heteroatoms. The van der Waals surface area contributed by atoms with Gasteiger partial charge in [0.25, 0.3) is 5.91 Å². The van der Waals surface area contributed by atoms with Gasteiger partial charge in [-0.25, -0.2) is 0 Å². The Labute approximate surface area is 101 Å². The SMILES string of the molecule is Cc1ccc(C(=O)N2CC[C@H]3CNC[C@H]32)cn1. The monoisotopic (exact) mass is 231 g/mol. The van der Waals surface area contributed by atoms with Crippen molar-refractivity contribution in [2.24, 2.45) is 5.92 Å². The van der Waals surface area contributed by atoms with E-state index in [2.05, 4.69) is 10.3 Å². The molecule has 2 atom stereocenters. The van der Waals surface area contributed by atoms with Crippen LogP contribution in [-0.4, -0.2) is 41.5 Å². The van der Waals surface area contributed by atoms with Crippen molar-refractivity contribution in [3.8, 4) is 0 Å². The number of amides is 1. The number of hydrogen-bond donors (Lipinski definition) is 1. The minimum absolute atomic E-state index is 0.133. The molecule has 0 unspecified atom stereocenters. The van der Waals surface area contributed by atoms with E-state index in [1.807, 2.05) is 24.0 Å². The van der Waals surface area contributed by atoms with E-state index >= 15 is 0 Å². The Kier molecular flexibility index (Phi) is 2.59. The molecule has 1 aromatic rings. The Balaban J connectivity index is 1.80. The van der Waals surface area contributed by atoms with Crippen molar-refractivity contribution in [1.29, 1.82) is 0 Å². The van der Waals surface area contributed by atoms with Crippen molar-refractivity contribution < 1.29 is 4.79 Å². The van der Waals surface area contributed by atoms with Gasteiger partial charge in [0.2, 0.25) is 0 Å². The second-order valence-electron chi connectivity index (χ2n) is 4.96. The Bertz CT molecular complexity index is 429. The van der Waals surface area contributed by atoms with Crippen molar-refractivity contribution in [3.63, 3.8) is 0 Å². The van der Waals surface area contributed by atoms with E-state index in [0.717, 1.165) is 31.7 Å². The highest BCUT2D eigenvalue weighted by Gasteiger charge is 2.40. The molecule has 4 nitrogen and oxygen atoms in total. The number of nitrogens with one attached hydrogen (secondary N) is 1. The minimum Gasteiger partial charge on any atom is -0.334 e. The Morgan fingerprint density at radius 3 is 3.12 bits per heavy atom. The number of pyridine rings is 1. The van der Waals surface area contributed by atoms with Gasteiger partial charge in [-0.1, -0.05) is 0 Å². The van der Waals surface area contributed by atoms with Crippen molar-refractivity contribution in [2.45, 2.75) is 19.4 Å². The van der Waals surface area contributed by atoms with Crippen LogP contribution in [-0.2, 0) is 0 Å². The molecule has 0 radical (unpaired) electrons. The molecule has 1 aromatic heterocycles. The summed E-state index contributed by atoms with van der Waals surface area (Å²) in [7, 11) is 0. The highest BCUT2D eigenvalue weighted by atomic mass is 16.2. The predicted molar refractivity (Wildman–Crippen MR) is 64.8 cm³/mol. The van der Waals surface area contributed by atoms with Crippen molar-refractivity contribution in [3.05, 3.63) is 29.6 Å². The summed E-state index contributed by atoms with van der Waals surface area (Å²) in [6.07, 6.45) is 2.82. The highest BCUT2D eigenvalue weighted by molar-refractivity contribution is 5.94. The average molecular weight is 231 g/mol. The quantitative estimate of drug-likeness (QED) is 0.778. The van der Waals surface area contributed by atoms with Crippen LogP contribution >= 0.6 is 0 Å². The minimum atomic E-state index is 0.133. The fourth-order valence-electron chi connectivity index (χ4n) is 2.86. The molecule has 3 heterocycles. The molecule has 2 fully saturated rings. The summed E-state index contributed by atoms with van der Waals surface area (Å²) in [4.78, 5) is 18.6. The number of aryl methyl sites for hydroxylation is 1. The van der Waals surface area contributed by atoms with Crippen LogP contribution in [0, 0.1) is 12.8 Å². The summed E-state index contributed by atoms with van der Waals surface area (Å²) in [5, 5.41) is 3.36. The molecule has 2 aliphatic rings. The summed E-state index contributed by atoms with van der Waals surface area (Å²) >= 11 is 0. The molecule has 3 rings (SSSR count). The van der Waals surface area contributed by atoms with Crippen LogP contribution < -0.4 is 5.32 Å². The zero-order valence-electron chi connectivity index (χ0n) is 10.0. The summed E-state index contributed by atoms with van der Waals surface area (Å²) in [6, 6.07) is 4.16. The molecule has 0 bridgehead atoms. The maximum Gasteiger partial charge on any atom is 0.255 e. The third kappa shape index (κ3) is 1.82. The lowest BCUT2D eigenvalue weighted by molar-refractivity contribution is 0.0736. The lowest BCUT2D eigenvalue weighted by Crippen LogP contribution is -2.39. The van der Waals surface area contributed by atoms with Crippen molar-refractivity contribution in [1.82, 2.24) is 15.2 Å².